The number of nitrogens with one attached hydrogen (secondary N) is 2. The number of halogens is 3. The quantitative estimate of drug-likeness (QED) is 0.331. The molecule has 42 heavy (non-hydrogen) atoms. The number of rotatable bonds is 9. The molecule has 5 rings (SSSR count). The highest BCUT2D eigenvalue weighted by atomic mass is 19.4. The molecule has 1 fully saturated rings. The fraction of sp³-hybridized carbons (Fsp3) is 0.364. The van der Waals surface area contributed by atoms with Gasteiger partial charge in [0.1, 0.15) is 12.0 Å². The van der Waals surface area contributed by atoms with Crippen molar-refractivity contribution in [1.82, 2.24) is 15.5 Å². The van der Waals surface area contributed by atoms with Crippen LogP contribution in [-0.4, -0.2) is 55.0 Å². The molecule has 9 heteroatoms. The van der Waals surface area contributed by atoms with Gasteiger partial charge in [-0.25, -0.2) is 0 Å². The second kappa shape index (κ2) is 12.4. The minimum absolute atomic E-state index is 0.0299. The standard InChI is InChI=1S/C33H34F3N3O3/c34-33(35,36)22-38-31(42)32(27-14-6-4-12-25(27)26-13-5-7-15-28(26)32)18-8-9-19-37-29(40)23-16-20-39(21-17-23)30(41)24-10-2-1-3-11-24/h1-7,10-15,23H,8-9,16-22H2,(H,37,40)(H,38,42). The Labute approximate surface area is 243 Å². The lowest BCUT2D eigenvalue weighted by atomic mass is 9.73. The Morgan fingerprint density at radius 1 is 0.786 bits per heavy atom. The van der Waals surface area contributed by atoms with Gasteiger partial charge in [0.05, 0.1) is 0 Å². The number of likely N-dealkylation sites (tertiary alicyclic amines) is 1. The number of piperidine rings is 1. The first-order valence-corrected chi connectivity index (χ1v) is 14.4. The summed E-state index contributed by atoms with van der Waals surface area (Å²) in [6.07, 6.45) is -1.96. The number of hydrogen-bond donors (Lipinski definition) is 2. The van der Waals surface area contributed by atoms with Crippen LogP contribution in [-0.2, 0) is 15.0 Å². The Morgan fingerprint density at radius 3 is 1.95 bits per heavy atom. The van der Waals surface area contributed by atoms with E-state index < -0.39 is 24.0 Å². The molecule has 0 radical (unpaired) electrons. The number of amides is 3. The summed E-state index contributed by atoms with van der Waals surface area (Å²) in [6.45, 7) is 0.0235. The Morgan fingerprint density at radius 2 is 1.36 bits per heavy atom. The molecule has 1 aliphatic carbocycles. The number of hydrogen-bond acceptors (Lipinski definition) is 3. The van der Waals surface area contributed by atoms with Gasteiger partial charge in [0.2, 0.25) is 11.8 Å². The van der Waals surface area contributed by atoms with Crippen LogP contribution < -0.4 is 10.6 Å². The molecule has 2 aliphatic rings. The summed E-state index contributed by atoms with van der Waals surface area (Å²) >= 11 is 0. The van der Waals surface area contributed by atoms with Gasteiger partial charge in [-0.05, 0) is 66.5 Å². The van der Waals surface area contributed by atoms with E-state index in [1.54, 1.807) is 29.2 Å². The number of nitrogens with zero attached hydrogens (tertiary/aromatic N) is 1. The van der Waals surface area contributed by atoms with Crippen molar-refractivity contribution in [1.29, 1.82) is 0 Å². The topological polar surface area (TPSA) is 78.5 Å². The van der Waals surface area contributed by atoms with E-state index in [-0.39, 0.29) is 17.7 Å². The molecule has 3 aromatic rings. The third-order valence-corrected chi connectivity index (χ3v) is 8.35. The smallest absolute Gasteiger partial charge is 0.356 e. The third-order valence-electron chi connectivity index (χ3n) is 8.35. The van der Waals surface area contributed by atoms with Crippen LogP contribution in [0.1, 0.15) is 53.6 Å². The Balaban J connectivity index is 1.18. The Hall–Kier alpha value is -4.14. The zero-order chi connectivity index (χ0) is 29.7. The van der Waals surface area contributed by atoms with Gasteiger partial charge in [0.15, 0.2) is 0 Å². The van der Waals surface area contributed by atoms with Crippen LogP contribution >= 0.6 is 0 Å². The summed E-state index contributed by atoms with van der Waals surface area (Å²) in [5, 5.41) is 5.14. The molecule has 1 heterocycles. The average Bonchev–Trinajstić information content (AvgIpc) is 3.30. The first-order valence-electron chi connectivity index (χ1n) is 14.4. The van der Waals surface area contributed by atoms with Gasteiger partial charge in [0, 0.05) is 31.1 Å². The molecule has 1 aliphatic heterocycles. The predicted octanol–water partition coefficient (Wildman–Crippen LogP) is 5.47. The van der Waals surface area contributed by atoms with Crippen molar-refractivity contribution in [3.05, 3.63) is 95.6 Å². The van der Waals surface area contributed by atoms with Crippen LogP contribution in [0.4, 0.5) is 13.2 Å². The van der Waals surface area contributed by atoms with E-state index in [0.29, 0.717) is 68.4 Å². The van der Waals surface area contributed by atoms with Crippen molar-refractivity contribution in [3.63, 3.8) is 0 Å². The molecule has 1 saturated heterocycles. The highest BCUT2D eigenvalue weighted by Crippen LogP contribution is 2.51. The van der Waals surface area contributed by atoms with E-state index in [1.165, 1.54) is 0 Å². The summed E-state index contributed by atoms with van der Waals surface area (Å²) in [7, 11) is 0. The van der Waals surface area contributed by atoms with Crippen molar-refractivity contribution < 1.29 is 27.6 Å². The minimum Gasteiger partial charge on any atom is -0.356 e. The molecule has 0 unspecified atom stereocenters. The first-order chi connectivity index (χ1) is 20.2. The summed E-state index contributed by atoms with van der Waals surface area (Å²) in [4.78, 5) is 40.9. The molecule has 0 aromatic heterocycles. The largest absolute Gasteiger partial charge is 0.405 e. The van der Waals surface area contributed by atoms with E-state index in [9.17, 15) is 27.6 Å². The second-order valence-corrected chi connectivity index (χ2v) is 11.0. The number of carbonyl (C=O) groups excluding carboxylic acids is 3. The average molecular weight is 578 g/mol. The van der Waals surface area contributed by atoms with Crippen molar-refractivity contribution in [2.45, 2.75) is 43.7 Å². The van der Waals surface area contributed by atoms with Crippen molar-refractivity contribution in [2.75, 3.05) is 26.2 Å². The molecular formula is C33H34F3N3O3. The normalized spacial score (nSPS) is 15.9. The van der Waals surface area contributed by atoms with E-state index >= 15 is 0 Å². The number of carbonyl (C=O) groups is 3. The molecule has 0 saturated carbocycles. The highest BCUT2D eigenvalue weighted by Gasteiger charge is 2.49. The van der Waals surface area contributed by atoms with Gasteiger partial charge in [-0.2, -0.15) is 13.2 Å². The molecule has 0 bridgehead atoms. The van der Waals surface area contributed by atoms with E-state index in [4.69, 9.17) is 0 Å². The Kier molecular flexibility index (Phi) is 8.66. The molecular weight excluding hydrogens is 543 g/mol. The third kappa shape index (κ3) is 6.05. The summed E-state index contributed by atoms with van der Waals surface area (Å²) < 4.78 is 39.2. The zero-order valence-electron chi connectivity index (χ0n) is 23.3. The van der Waals surface area contributed by atoms with E-state index in [0.717, 1.165) is 11.1 Å². The van der Waals surface area contributed by atoms with Crippen molar-refractivity contribution in [3.8, 4) is 11.1 Å². The van der Waals surface area contributed by atoms with Crippen LogP contribution in [0.5, 0.6) is 0 Å². The van der Waals surface area contributed by atoms with Crippen molar-refractivity contribution >= 4 is 17.7 Å². The summed E-state index contributed by atoms with van der Waals surface area (Å²) in [5.74, 6) is -0.940. The SMILES string of the molecule is O=C(NCCCCC1(C(=O)NCC(F)(F)F)c2ccccc2-c2ccccc21)C1CCN(C(=O)c2ccccc2)CC1. The lowest BCUT2D eigenvalue weighted by Crippen LogP contribution is -2.47. The maximum Gasteiger partial charge on any atom is 0.405 e. The van der Waals surface area contributed by atoms with E-state index in [2.05, 4.69) is 10.6 Å². The lowest BCUT2D eigenvalue weighted by molar-refractivity contribution is -0.141. The lowest BCUT2D eigenvalue weighted by Gasteiger charge is -2.32. The molecule has 2 N–H and O–H groups in total. The summed E-state index contributed by atoms with van der Waals surface area (Å²) in [6, 6.07) is 23.8. The minimum atomic E-state index is -4.52. The first kappa shape index (κ1) is 29.4. The van der Waals surface area contributed by atoms with Gasteiger partial charge in [0.25, 0.3) is 5.91 Å². The Bertz CT molecular complexity index is 1390. The molecule has 0 atom stereocenters. The maximum atomic E-state index is 13.6. The molecule has 220 valence electrons. The fourth-order valence-corrected chi connectivity index (χ4v) is 6.26. The summed E-state index contributed by atoms with van der Waals surface area (Å²) in [5.41, 5.74) is 2.48. The van der Waals surface area contributed by atoms with Crippen LogP contribution in [0, 0.1) is 5.92 Å². The number of alkyl halides is 3. The van der Waals surface area contributed by atoms with Crippen LogP contribution in [0.15, 0.2) is 78.9 Å². The molecule has 6 nitrogen and oxygen atoms in total. The van der Waals surface area contributed by atoms with Gasteiger partial charge < -0.3 is 15.5 Å². The molecule has 3 amide bonds. The number of benzene rings is 3. The van der Waals surface area contributed by atoms with Gasteiger partial charge in [-0.3, -0.25) is 14.4 Å². The molecule has 3 aromatic carbocycles. The van der Waals surface area contributed by atoms with E-state index in [1.807, 2.05) is 54.6 Å². The maximum absolute atomic E-state index is 13.6. The molecule has 0 spiro atoms. The fourth-order valence-electron chi connectivity index (χ4n) is 6.26. The monoisotopic (exact) mass is 577 g/mol. The van der Waals surface area contributed by atoms with Crippen LogP contribution in [0.25, 0.3) is 11.1 Å². The number of unbranched alkanes of at least 4 members (excludes halogenated alkanes) is 1. The van der Waals surface area contributed by atoms with Crippen LogP contribution in [0.3, 0.4) is 0 Å². The predicted molar refractivity (Wildman–Crippen MR) is 154 cm³/mol. The van der Waals surface area contributed by atoms with Crippen molar-refractivity contribution in [2.24, 2.45) is 5.92 Å². The highest BCUT2D eigenvalue weighted by molar-refractivity contribution is 6.00. The van der Waals surface area contributed by atoms with Gasteiger partial charge in [-0.15, -0.1) is 0 Å². The zero-order valence-corrected chi connectivity index (χ0v) is 23.3. The van der Waals surface area contributed by atoms with Gasteiger partial charge >= 0.3 is 6.18 Å². The number of fused-ring (bicyclic) bond motifs is 3. The van der Waals surface area contributed by atoms with Crippen LogP contribution in [0.2, 0.25) is 0 Å². The van der Waals surface area contributed by atoms with Gasteiger partial charge in [-0.1, -0.05) is 66.7 Å². The second-order valence-electron chi connectivity index (χ2n) is 11.0.